The van der Waals surface area contributed by atoms with E-state index < -0.39 is 5.97 Å². The Morgan fingerprint density at radius 2 is 2.50 bits per heavy atom. The van der Waals surface area contributed by atoms with Crippen molar-refractivity contribution in [1.29, 1.82) is 0 Å². The Morgan fingerprint density at radius 1 is 1.62 bits per heavy atom. The molecule has 0 aliphatic carbocycles. The van der Waals surface area contributed by atoms with Gasteiger partial charge in [0.25, 0.3) is 0 Å². The molecular formula is C9H14N4O3. The Bertz CT molecular complexity index is 359. The number of aliphatic carboxylic acids is 1. The van der Waals surface area contributed by atoms with Gasteiger partial charge in [-0.3, -0.25) is 4.79 Å². The van der Waals surface area contributed by atoms with Crippen LogP contribution in [0.25, 0.3) is 0 Å². The van der Waals surface area contributed by atoms with Crippen LogP contribution in [0.2, 0.25) is 0 Å². The highest BCUT2D eigenvalue weighted by Crippen LogP contribution is 2.22. The molecule has 1 saturated heterocycles. The number of nitrogens with zero attached hydrogens (tertiary/aromatic N) is 4. The number of rotatable bonds is 5. The van der Waals surface area contributed by atoms with E-state index in [4.69, 9.17) is 9.84 Å². The lowest BCUT2D eigenvalue weighted by atomic mass is 10.1. The summed E-state index contributed by atoms with van der Waals surface area (Å²) in [4.78, 5) is 10.4. The second kappa shape index (κ2) is 5.02. The molecule has 1 N–H and O–H groups in total. The first-order chi connectivity index (χ1) is 7.77. The van der Waals surface area contributed by atoms with Gasteiger partial charge in [0.1, 0.15) is 0 Å². The van der Waals surface area contributed by atoms with Crippen molar-refractivity contribution < 1.29 is 14.6 Å². The van der Waals surface area contributed by atoms with Crippen molar-refractivity contribution in [1.82, 2.24) is 20.2 Å². The van der Waals surface area contributed by atoms with Gasteiger partial charge in [-0.1, -0.05) is 0 Å². The van der Waals surface area contributed by atoms with Gasteiger partial charge >= 0.3 is 5.97 Å². The van der Waals surface area contributed by atoms with Crippen molar-refractivity contribution in [3.05, 3.63) is 5.82 Å². The number of carboxylic acids is 1. The van der Waals surface area contributed by atoms with E-state index >= 15 is 0 Å². The number of tetrazole rings is 1. The molecule has 7 nitrogen and oxygen atoms in total. The predicted molar refractivity (Wildman–Crippen MR) is 52.9 cm³/mol. The summed E-state index contributed by atoms with van der Waals surface area (Å²) in [6.45, 7) is 1.94. The highest BCUT2D eigenvalue weighted by molar-refractivity contribution is 5.66. The summed E-state index contributed by atoms with van der Waals surface area (Å²) in [5, 5.41) is 20.0. The van der Waals surface area contributed by atoms with Gasteiger partial charge in [-0.15, -0.1) is 5.10 Å². The van der Waals surface area contributed by atoms with Crippen LogP contribution in [0.3, 0.4) is 0 Å². The summed E-state index contributed by atoms with van der Waals surface area (Å²) in [5.74, 6) is 0.265. The van der Waals surface area contributed by atoms with E-state index in [1.165, 1.54) is 0 Å². The van der Waals surface area contributed by atoms with E-state index in [1.54, 1.807) is 4.68 Å². The molecule has 1 aliphatic rings. The van der Waals surface area contributed by atoms with Crippen LogP contribution < -0.4 is 0 Å². The third kappa shape index (κ3) is 2.54. The first-order valence-electron chi connectivity index (χ1n) is 5.33. The molecule has 1 fully saturated rings. The van der Waals surface area contributed by atoms with Gasteiger partial charge in [-0.2, -0.15) is 0 Å². The number of carboxylic acid groups (broad SMARTS) is 1. The molecule has 1 atom stereocenters. The van der Waals surface area contributed by atoms with Gasteiger partial charge in [-0.05, 0) is 23.3 Å². The minimum absolute atomic E-state index is 0.139. The topological polar surface area (TPSA) is 90.1 Å². The second-order valence-electron chi connectivity index (χ2n) is 3.82. The molecule has 1 aromatic rings. The Labute approximate surface area is 92.4 Å². The van der Waals surface area contributed by atoms with Gasteiger partial charge in [0, 0.05) is 25.5 Å². The largest absolute Gasteiger partial charge is 0.481 e. The molecule has 0 aromatic carbocycles. The molecular weight excluding hydrogens is 212 g/mol. The van der Waals surface area contributed by atoms with E-state index in [0.717, 1.165) is 18.9 Å². The van der Waals surface area contributed by atoms with E-state index in [9.17, 15) is 4.79 Å². The Kier molecular flexibility index (Phi) is 3.45. The van der Waals surface area contributed by atoms with Crippen LogP contribution in [-0.4, -0.2) is 44.5 Å². The number of aromatic nitrogens is 4. The van der Waals surface area contributed by atoms with E-state index in [1.807, 2.05) is 0 Å². The fraction of sp³-hybridized carbons (Fsp3) is 0.778. The number of ether oxygens (including phenoxy) is 1. The van der Waals surface area contributed by atoms with Crippen molar-refractivity contribution in [3.63, 3.8) is 0 Å². The maximum absolute atomic E-state index is 10.4. The maximum Gasteiger partial charge on any atom is 0.303 e. The van der Waals surface area contributed by atoms with Gasteiger partial charge in [0.05, 0.1) is 6.61 Å². The summed E-state index contributed by atoms with van der Waals surface area (Å²) >= 11 is 0. The molecule has 1 aromatic heterocycles. The van der Waals surface area contributed by atoms with Crippen LogP contribution in [0.5, 0.6) is 0 Å². The zero-order chi connectivity index (χ0) is 11.4. The van der Waals surface area contributed by atoms with Crippen LogP contribution in [0.4, 0.5) is 0 Å². The number of hydrogen-bond donors (Lipinski definition) is 1. The standard InChI is InChI=1S/C9H14N4O3/c14-8(15)2-1-4-13-9(10-11-12-13)7-3-5-16-6-7/h7H,1-6H2,(H,14,15). The fourth-order valence-electron chi connectivity index (χ4n) is 1.78. The van der Waals surface area contributed by atoms with Crippen molar-refractivity contribution in [2.45, 2.75) is 31.7 Å². The third-order valence-electron chi connectivity index (χ3n) is 2.61. The van der Waals surface area contributed by atoms with Crippen LogP contribution >= 0.6 is 0 Å². The minimum atomic E-state index is -0.793. The molecule has 2 rings (SSSR count). The van der Waals surface area contributed by atoms with E-state index in [-0.39, 0.29) is 12.3 Å². The van der Waals surface area contributed by atoms with Crippen molar-refractivity contribution in [2.75, 3.05) is 13.2 Å². The van der Waals surface area contributed by atoms with Crippen LogP contribution in [0.15, 0.2) is 0 Å². The fourth-order valence-corrected chi connectivity index (χ4v) is 1.78. The quantitative estimate of drug-likeness (QED) is 0.762. The minimum Gasteiger partial charge on any atom is -0.481 e. The van der Waals surface area contributed by atoms with E-state index in [0.29, 0.717) is 19.6 Å². The van der Waals surface area contributed by atoms with E-state index in [2.05, 4.69) is 15.5 Å². The molecule has 2 heterocycles. The first kappa shape index (κ1) is 11.0. The molecule has 1 unspecified atom stereocenters. The lowest BCUT2D eigenvalue weighted by Gasteiger charge is -2.07. The zero-order valence-electron chi connectivity index (χ0n) is 8.87. The molecule has 7 heteroatoms. The van der Waals surface area contributed by atoms with Gasteiger partial charge in [0.15, 0.2) is 5.82 Å². The molecule has 0 saturated carbocycles. The van der Waals surface area contributed by atoms with Crippen molar-refractivity contribution >= 4 is 5.97 Å². The molecule has 0 radical (unpaired) electrons. The molecule has 16 heavy (non-hydrogen) atoms. The maximum atomic E-state index is 10.4. The lowest BCUT2D eigenvalue weighted by Crippen LogP contribution is -2.12. The Balaban J connectivity index is 1.93. The highest BCUT2D eigenvalue weighted by Gasteiger charge is 2.23. The molecule has 88 valence electrons. The predicted octanol–water partition coefficient (Wildman–Crippen LogP) is 0.0418. The number of aryl methyl sites for hydroxylation is 1. The average molecular weight is 226 g/mol. The monoisotopic (exact) mass is 226 g/mol. The SMILES string of the molecule is O=C(O)CCCn1nnnc1C1CCOC1. The Hall–Kier alpha value is -1.50. The third-order valence-corrected chi connectivity index (χ3v) is 2.61. The van der Waals surface area contributed by atoms with Crippen molar-refractivity contribution in [3.8, 4) is 0 Å². The number of carbonyl (C=O) groups is 1. The molecule has 1 aliphatic heterocycles. The van der Waals surface area contributed by atoms with Gasteiger partial charge < -0.3 is 9.84 Å². The number of hydrogen-bond acceptors (Lipinski definition) is 5. The molecule has 0 amide bonds. The summed E-state index contributed by atoms with van der Waals surface area (Å²) in [7, 11) is 0. The Morgan fingerprint density at radius 3 is 3.19 bits per heavy atom. The molecule has 0 bridgehead atoms. The smallest absolute Gasteiger partial charge is 0.303 e. The first-order valence-corrected chi connectivity index (χ1v) is 5.33. The van der Waals surface area contributed by atoms with Crippen LogP contribution in [0, 0.1) is 0 Å². The zero-order valence-corrected chi connectivity index (χ0v) is 8.87. The summed E-state index contributed by atoms with van der Waals surface area (Å²) < 4.78 is 6.96. The summed E-state index contributed by atoms with van der Waals surface area (Å²) in [6, 6.07) is 0. The van der Waals surface area contributed by atoms with Crippen molar-refractivity contribution in [2.24, 2.45) is 0 Å². The molecule has 0 spiro atoms. The van der Waals surface area contributed by atoms with Gasteiger partial charge in [-0.25, -0.2) is 4.68 Å². The summed E-state index contributed by atoms with van der Waals surface area (Å²) in [6.07, 6.45) is 1.61. The summed E-state index contributed by atoms with van der Waals surface area (Å²) in [5.41, 5.74) is 0. The second-order valence-corrected chi connectivity index (χ2v) is 3.82. The van der Waals surface area contributed by atoms with Gasteiger partial charge in [0.2, 0.25) is 0 Å². The van der Waals surface area contributed by atoms with Crippen LogP contribution in [0.1, 0.15) is 31.0 Å². The highest BCUT2D eigenvalue weighted by atomic mass is 16.5. The average Bonchev–Trinajstić information content (AvgIpc) is 2.84. The van der Waals surface area contributed by atoms with Crippen LogP contribution in [-0.2, 0) is 16.1 Å². The normalized spacial score (nSPS) is 20.1. The lowest BCUT2D eigenvalue weighted by molar-refractivity contribution is -0.137.